The minimum atomic E-state index is -0.262. The molecule has 17 heavy (non-hydrogen) atoms. The summed E-state index contributed by atoms with van der Waals surface area (Å²) in [6.45, 7) is 0.651. The van der Waals surface area contributed by atoms with Crippen LogP contribution in [0.3, 0.4) is 0 Å². The van der Waals surface area contributed by atoms with Gasteiger partial charge in [-0.25, -0.2) is 0 Å². The molecule has 3 nitrogen and oxygen atoms in total. The number of hydrogen-bond donors (Lipinski definition) is 1. The van der Waals surface area contributed by atoms with Crippen molar-refractivity contribution in [1.82, 2.24) is 0 Å². The van der Waals surface area contributed by atoms with Crippen LogP contribution in [0.2, 0.25) is 0 Å². The van der Waals surface area contributed by atoms with Crippen LogP contribution in [0.5, 0.6) is 5.75 Å². The molecule has 0 amide bonds. The van der Waals surface area contributed by atoms with Gasteiger partial charge < -0.3 is 14.6 Å². The van der Waals surface area contributed by atoms with E-state index in [-0.39, 0.29) is 11.7 Å². The number of rotatable bonds is 1. The first-order valence-electron chi connectivity index (χ1n) is 6.23. The third-order valence-corrected chi connectivity index (χ3v) is 4.00. The van der Waals surface area contributed by atoms with Crippen molar-refractivity contribution in [2.24, 2.45) is 0 Å². The molecule has 1 aromatic rings. The second-order valence-electron chi connectivity index (χ2n) is 5.01. The number of benzene rings is 1. The lowest BCUT2D eigenvalue weighted by atomic mass is 9.86. The molecule has 0 radical (unpaired) electrons. The van der Waals surface area contributed by atoms with E-state index in [1.54, 1.807) is 7.11 Å². The molecule has 3 heteroatoms. The Morgan fingerprint density at radius 2 is 2.35 bits per heavy atom. The van der Waals surface area contributed by atoms with Gasteiger partial charge in [0.2, 0.25) is 0 Å². The first-order valence-corrected chi connectivity index (χ1v) is 6.23. The third kappa shape index (κ3) is 1.74. The van der Waals surface area contributed by atoms with Crippen molar-refractivity contribution in [2.75, 3.05) is 13.7 Å². The van der Waals surface area contributed by atoms with Crippen molar-refractivity contribution in [3.8, 4) is 5.75 Å². The molecule has 1 fully saturated rings. The van der Waals surface area contributed by atoms with Gasteiger partial charge in [0.25, 0.3) is 0 Å². The zero-order chi connectivity index (χ0) is 11.9. The van der Waals surface area contributed by atoms with Gasteiger partial charge in [0.05, 0.1) is 25.4 Å². The van der Waals surface area contributed by atoms with Crippen molar-refractivity contribution in [3.63, 3.8) is 0 Å². The van der Waals surface area contributed by atoms with Crippen LogP contribution in [0.15, 0.2) is 18.2 Å². The van der Waals surface area contributed by atoms with Crippen molar-refractivity contribution in [2.45, 2.75) is 37.4 Å². The number of ether oxygens (including phenoxy) is 2. The molecule has 2 aliphatic rings. The summed E-state index contributed by atoms with van der Waals surface area (Å²) in [6.07, 6.45) is 3.24. The lowest BCUT2D eigenvalue weighted by molar-refractivity contribution is -0.122. The van der Waals surface area contributed by atoms with Crippen LogP contribution in [0.4, 0.5) is 0 Å². The highest BCUT2D eigenvalue weighted by Gasteiger charge is 2.43. The summed E-state index contributed by atoms with van der Waals surface area (Å²) in [6, 6.07) is 6.19. The van der Waals surface area contributed by atoms with Gasteiger partial charge in [-0.3, -0.25) is 0 Å². The van der Waals surface area contributed by atoms with Crippen LogP contribution in [0, 0.1) is 0 Å². The van der Waals surface area contributed by atoms with Crippen LogP contribution in [0.25, 0.3) is 0 Å². The Morgan fingerprint density at radius 3 is 3.12 bits per heavy atom. The van der Waals surface area contributed by atoms with Crippen molar-refractivity contribution in [3.05, 3.63) is 29.3 Å². The fourth-order valence-corrected chi connectivity index (χ4v) is 3.09. The topological polar surface area (TPSA) is 38.7 Å². The van der Waals surface area contributed by atoms with Crippen molar-refractivity contribution in [1.29, 1.82) is 0 Å². The second kappa shape index (κ2) is 4.00. The average Bonchev–Trinajstić information content (AvgIpc) is 2.68. The molecule has 1 aliphatic heterocycles. The van der Waals surface area contributed by atoms with Crippen LogP contribution in [0.1, 0.15) is 30.4 Å². The summed E-state index contributed by atoms with van der Waals surface area (Å²) >= 11 is 0. The fraction of sp³-hybridized carbons (Fsp3) is 0.571. The van der Waals surface area contributed by atoms with Gasteiger partial charge in [-0.15, -0.1) is 0 Å². The van der Waals surface area contributed by atoms with Gasteiger partial charge in [0, 0.05) is 6.42 Å². The average molecular weight is 234 g/mol. The molecule has 92 valence electrons. The van der Waals surface area contributed by atoms with E-state index in [1.165, 1.54) is 11.1 Å². The molecule has 0 bridgehead atoms. The lowest BCUT2D eigenvalue weighted by Crippen LogP contribution is -2.37. The number of hydrogen-bond acceptors (Lipinski definition) is 3. The molecule has 1 saturated heterocycles. The fourth-order valence-electron chi connectivity index (χ4n) is 3.09. The highest BCUT2D eigenvalue weighted by Crippen LogP contribution is 2.46. The molecular formula is C14H18O3. The summed E-state index contributed by atoms with van der Waals surface area (Å²) in [5.74, 6) is 0.869. The lowest BCUT2D eigenvalue weighted by Gasteiger charge is -2.37. The van der Waals surface area contributed by atoms with E-state index in [1.807, 2.05) is 6.07 Å². The molecule has 2 unspecified atom stereocenters. The normalized spacial score (nSPS) is 31.5. The Morgan fingerprint density at radius 1 is 1.47 bits per heavy atom. The Bertz CT molecular complexity index is 425. The third-order valence-electron chi connectivity index (χ3n) is 4.00. The molecule has 3 rings (SSSR count). The number of aliphatic hydroxyl groups excluding tert-OH is 1. The Kier molecular flexibility index (Phi) is 2.60. The van der Waals surface area contributed by atoms with Gasteiger partial charge in [0.1, 0.15) is 5.75 Å². The minimum absolute atomic E-state index is 0.235. The molecule has 2 atom stereocenters. The monoisotopic (exact) mass is 234 g/mol. The summed E-state index contributed by atoms with van der Waals surface area (Å²) in [7, 11) is 1.68. The van der Waals surface area contributed by atoms with E-state index in [4.69, 9.17) is 9.47 Å². The van der Waals surface area contributed by atoms with Crippen molar-refractivity contribution < 1.29 is 14.6 Å². The number of aliphatic hydroxyl groups is 1. The zero-order valence-electron chi connectivity index (χ0n) is 10.1. The predicted octanol–water partition coefficient (Wildman–Crippen LogP) is 2.01. The zero-order valence-corrected chi connectivity index (χ0v) is 10.1. The molecular weight excluding hydrogens is 216 g/mol. The van der Waals surface area contributed by atoms with Crippen LogP contribution >= 0.6 is 0 Å². The summed E-state index contributed by atoms with van der Waals surface area (Å²) < 4.78 is 11.3. The maximum Gasteiger partial charge on any atom is 0.119 e. The molecule has 0 saturated carbocycles. The highest BCUT2D eigenvalue weighted by atomic mass is 16.5. The Balaban J connectivity index is 2.01. The van der Waals surface area contributed by atoms with Crippen molar-refractivity contribution >= 4 is 0 Å². The summed E-state index contributed by atoms with van der Waals surface area (Å²) in [5, 5.41) is 9.88. The van der Waals surface area contributed by atoms with Crippen LogP contribution < -0.4 is 4.74 Å². The molecule has 1 N–H and O–H groups in total. The molecule has 1 heterocycles. The SMILES string of the molecule is COc1ccc2c(c1)C1(CC2)CC(O)CCO1. The quantitative estimate of drug-likeness (QED) is 0.807. The second-order valence-corrected chi connectivity index (χ2v) is 5.01. The first kappa shape index (κ1) is 11.1. The minimum Gasteiger partial charge on any atom is -0.497 e. The maximum atomic E-state index is 9.88. The Hall–Kier alpha value is -1.06. The van der Waals surface area contributed by atoms with Gasteiger partial charge in [-0.2, -0.15) is 0 Å². The molecule has 1 aliphatic carbocycles. The largest absolute Gasteiger partial charge is 0.497 e. The van der Waals surface area contributed by atoms with Crippen LogP contribution in [-0.2, 0) is 16.8 Å². The van der Waals surface area contributed by atoms with E-state index >= 15 is 0 Å². The maximum absolute atomic E-state index is 9.88. The molecule has 1 aromatic carbocycles. The Labute approximate surface area is 101 Å². The van der Waals surface area contributed by atoms with E-state index in [0.717, 1.165) is 25.0 Å². The standard InChI is InChI=1S/C14H18O3/c1-16-12-3-2-10-4-6-14(13(10)8-12)9-11(15)5-7-17-14/h2-3,8,11,15H,4-7,9H2,1H3. The predicted molar refractivity (Wildman–Crippen MR) is 64.2 cm³/mol. The number of methoxy groups -OCH3 is 1. The van der Waals surface area contributed by atoms with E-state index in [2.05, 4.69) is 12.1 Å². The van der Waals surface area contributed by atoms with Gasteiger partial charge >= 0.3 is 0 Å². The number of aryl methyl sites for hydroxylation is 1. The first-order chi connectivity index (χ1) is 8.23. The highest BCUT2D eigenvalue weighted by molar-refractivity contribution is 5.43. The van der Waals surface area contributed by atoms with Gasteiger partial charge in [0.15, 0.2) is 0 Å². The molecule has 0 aromatic heterocycles. The molecule has 1 spiro atoms. The number of fused-ring (bicyclic) bond motifs is 2. The van der Waals surface area contributed by atoms with E-state index < -0.39 is 0 Å². The van der Waals surface area contributed by atoms with Gasteiger partial charge in [-0.1, -0.05) is 6.07 Å². The van der Waals surface area contributed by atoms with Gasteiger partial charge in [-0.05, 0) is 42.5 Å². The van der Waals surface area contributed by atoms with E-state index in [0.29, 0.717) is 13.0 Å². The smallest absolute Gasteiger partial charge is 0.119 e. The summed E-state index contributed by atoms with van der Waals surface area (Å²) in [4.78, 5) is 0. The van der Waals surface area contributed by atoms with Crippen LogP contribution in [-0.4, -0.2) is 24.9 Å². The summed E-state index contributed by atoms with van der Waals surface area (Å²) in [5.41, 5.74) is 2.29. The van der Waals surface area contributed by atoms with E-state index in [9.17, 15) is 5.11 Å².